The predicted octanol–water partition coefficient (Wildman–Crippen LogP) is 4.83. The van der Waals surface area contributed by atoms with Crippen LogP contribution in [0.1, 0.15) is 11.1 Å². The Kier molecular flexibility index (Phi) is 5.32. The van der Waals surface area contributed by atoms with Gasteiger partial charge in [-0.05, 0) is 41.1 Å². The zero-order valence-electron chi connectivity index (χ0n) is 15.2. The van der Waals surface area contributed by atoms with Gasteiger partial charge in [-0.3, -0.25) is 0 Å². The molecule has 134 valence electrons. The molecule has 0 saturated carbocycles. The second-order valence-electron chi connectivity index (χ2n) is 5.90. The first-order valence-corrected chi connectivity index (χ1v) is 8.33. The number of allylic oxidation sites excluding steroid dienone is 1. The topological polar surface area (TPSA) is 47.9 Å². The summed E-state index contributed by atoms with van der Waals surface area (Å²) in [6.45, 7) is 0. The predicted molar refractivity (Wildman–Crippen MR) is 104 cm³/mol. The van der Waals surface area contributed by atoms with Gasteiger partial charge in [-0.25, -0.2) is 0 Å². The number of fused-ring (bicyclic) bond motifs is 1. The molecule has 0 aliphatic rings. The quantitative estimate of drug-likeness (QED) is 0.692. The molecule has 3 aromatic carbocycles. The van der Waals surface area contributed by atoms with E-state index in [1.165, 1.54) is 0 Å². The van der Waals surface area contributed by atoms with Crippen LogP contribution in [0.5, 0.6) is 23.0 Å². The van der Waals surface area contributed by atoms with Crippen LogP contribution in [0.25, 0.3) is 16.8 Å². The molecule has 0 radical (unpaired) electrons. The summed E-state index contributed by atoms with van der Waals surface area (Å²) in [6.07, 6.45) is 4.75. The van der Waals surface area contributed by atoms with Crippen molar-refractivity contribution in [2.45, 2.75) is 6.42 Å². The maximum Gasteiger partial charge on any atom is 0.203 e. The molecule has 1 N–H and O–H groups in total. The summed E-state index contributed by atoms with van der Waals surface area (Å²) in [4.78, 5) is 0. The third-order valence-corrected chi connectivity index (χ3v) is 4.25. The molecule has 0 bridgehead atoms. The third kappa shape index (κ3) is 3.59. The first-order valence-electron chi connectivity index (χ1n) is 8.33. The second kappa shape index (κ2) is 7.83. The van der Waals surface area contributed by atoms with Gasteiger partial charge < -0.3 is 19.3 Å². The van der Waals surface area contributed by atoms with Crippen molar-refractivity contribution in [2.75, 3.05) is 21.3 Å². The van der Waals surface area contributed by atoms with E-state index in [2.05, 4.69) is 6.07 Å². The maximum absolute atomic E-state index is 10.2. The average Bonchev–Trinajstić information content (AvgIpc) is 2.67. The standard InChI is InChI=1S/C22H22O4/c1-24-20-13-16(14-21(25-2)22(20)26-3)8-6-7-15-11-17-9-4-5-10-18(17)19(23)12-15/h4-6,8-14,23H,7H2,1-3H3/b8-6+. The molecule has 0 aliphatic carbocycles. The first kappa shape index (κ1) is 17.7. The Morgan fingerprint density at radius 3 is 2.23 bits per heavy atom. The molecule has 0 atom stereocenters. The van der Waals surface area contributed by atoms with Gasteiger partial charge in [0.25, 0.3) is 0 Å². The number of phenols is 1. The van der Waals surface area contributed by atoms with Crippen LogP contribution in [0.2, 0.25) is 0 Å². The van der Waals surface area contributed by atoms with Crippen LogP contribution in [0, 0.1) is 0 Å². The van der Waals surface area contributed by atoms with E-state index in [0.29, 0.717) is 29.4 Å². The van der Waals surface area contributed by atoms with Crippen LogP contribution >= 0.6 is 0 Å². The van der Waals surface area contributed by atoms with Crippen LogP contribution in [0.3, 0.4) is 0 Å². The van der Waals surface area contributed by atoms with E-state index < -0.39 is 0 Å². The smallest absolute Gasteiger partial charge is 0.203 e. The summed E-state index contributed by atoms with van der Waals surface area (Å²) in [6, 6.07) is 15.5. The van der Waals surface area contributed by atoms with Crippen LogP contribution < -0.4 is 14.2 Å². The molecule has 26 heavy (non-hydrogen) atoms. The number of aromatic hydroxyl groups is 1. The SMILES string of the molecule is COc1cc(/C=C/Cc2cc(O)c3ccccc3c2)cc(OC)c1OC. The molecular formula is C22H22O4. The van der Waals surface area contributed by atoms with Crippen LogP contribution in [-0.2, 0) is 6.42 Å². The molecule has 0 saturated heterocycles. The highest BCUT2D eigenvalue weighted by atomic mass is 16.5. The number of phenolic OH excluding ortho intramolecular Hbond substituents is 1. The fourth-order valence-corrected chi connectivity index (χ4v) is 3.00. The summed E-state index contributed by atoms with van der Waals surface area (Å²) in [7, 11) is 4.79. The van der Waals surface area contributed by atoms with Crippen molar-refractivity contribution in [3.05, 3.63) is 65.7 Å². The molecule has 0 aromatic heterocycles. The van der Waals surface area contributed by atoms with Gasteiger partial charge in [0.2, 0.25) is 5.75 Å². The minimum absolute atomic E-state index is 0.305. The molecule has 3 rings (SSSR count). The molecule has 0 aliphatic heterocycles. The Hall–Kier alpha value is -3.14. The lowest BCUT2D eigenvalue weighted by Crippen LogP contribution is -1.95. The Balaban J connectivity index is 1.85. The molecule has 4 nitrogen and oxygen atoms in total. The molecule has 3 aromatic rings. The Morgan fingerprint density at radius 2 is 1.58 bits per heavy atom. The Morgan fingerprint density at radius 1 is 0.885 bits per heavy atom. The fraction of sp³-hybridized carbons (Fsp3) is 0.182. The summed E-state index contributed by atoms with van der Waals surface area (Å²) >= 11 is 0. The lowest BCUT2D eigenvalue weighted by molar-refractivity contribution is 0.324. The van der Waals surface area contributed by atoms with E-state index in [-0.39, 0.29) is 0 Å². The summed E-state index contributed by atoms with van der Waals surface area (Å²) in [5.74, 6) is 2.12. The van der Waals surface area contributed by atoms with E-state index in [9.17, 15) is 5.11 Å². The number of hydrogen-bond acceptors (Lipinski definition) is 4. The van der Waals surface area contributed by atoms with Gasteiger partial charge >= 0.3 is 0 Å². The van der Waals surface area contributed by atoms with Crippen LogP contribution in [-0.4, -0.2) is 26.4 Å². The van der Waals surface area contributed by atoms with Gasteiger partial charge in [-0.15, -0.1) is 0 Å². The largest absolute Gasteiger partial charge is 0.507 e. The van der Waals surface area contributed by atoms with E-state index in [0.717, 1.165) is 21.9 Å². The molecule has 0 amide bonds. The van der Waals surface area contributed by atoms with Crippen molar-refractivity contribution in [3.63, 3.8) is 0 Å². The summed E-state index contributed by atoms with van der Waals surface area (Å²) in [5.41, 5.74) is 1.99. The van der Waals surface area contributed by atoms with E-state index in [1.807, 2.05) is 54.6 Å². The fourth-order valence-electron chi connectivity index (χ4n) is 3.00. The van der Waals surface area contributed by atoms with Gasteiger partial charge in [0.15, 0.2) is 11.5 Å². The summed E-state index contributed by atoms with van der Waals surface area (Å²) < 4.78 is 16.1. The number of hydrogen-bond donors (Lipinski definition) is 1. The van der Waals surface area contributed by atoms with Crippen molar-refractivity contribution in [2.24, 2.45) is 0 Å². The summed E-state index contributed by atoms with van der Waals surface area (Å²) in [5, 5.41) is 12.1. The molecule has 0 fully saturated rings. The minimum Gasteiger partial charge on any atom is -0.507 e. The number of rotatable bonds is 6. The van der Waals surface area contributed by atoms with E-state index in [1.54, 1.807) is 21.3 Å². The van der Waals surface area contributed by atoms with Crippen LogP contribution in [0.15, 0.2) is 54.6 Å². The number of ether oxygens (including phenoxy) is 3. The van der Waals surface area contributed by atoms with Gasteiger partial charge in [0, 0.05) is 5.39 Å². The highest BCUT2D eigenvalue weighted by Crippen LogP contribution is 2.38. The number of benzene rings is 3. The second-order valence-corrected chi connectivity index (χ2v) is 5.90. The van der Waals surface area contributed by atoms with Gasteiger partial charge in [-0.1, -0.05) is 42.5 Å². The lowest BCUT2D eigenvalue weighted by Gasteiger charge is -2.12. The van der Waals surface area contributed by atoms with Gasteiger partial charge in [0.1, 0.15) is 5.75 Å². The zero-order chi connectivity index (χ0) is 18.5. The maximum atomic E-state index is 10.2. The highest BCUT2D eigenvalue weighted by Gasteiger charge is 2.11. The lowest BCUT2D eigenvalue weighted by atomic mass is 10.0. The monoisotopic (exact) mass is 350 g/mol. The third-order valence-electron chi connectivity index (χ3n) is 4.25. The van der Waals surface area contributed by atoms with Crippen LogP contribution in [0.4, 0.5) is 0 Å². The van der Waals surface area contributed by atoms with Crippen molar-refractivity contribution in [1.82, 2.24) is 0 Å². The normalized spacial score (nSPS) is 11.0. The average molecular weight is 350 g/mol. The molecule has 0 heterocycles. The van der Waals surface area contributed by atoms with Gasteiger partial charge in [0.05, 0.1) is 21.3 Å². The Bertz CT molecular complexity index is 919. The zero-order valence-corrected chi connectivity index (χ0v) is 15.2. The minimum atomic E-state index is 0.305. The molecular weight excluding hydrogens is 328 g/mol. The van der Waals surface area contributed by atoms with Crippen molar-refractivity contribution >= 4 is 16.8 Å². The molecule has 0 unspecified atom stereocenters. The van der Waals surface area contributed by atoms with Crippen molar-refractivity contribution in [3.8, 4) is 23.0 Å². The van der Waals surface area contributed by atoms with E-state index >= 15 is 0 Å². The Labute approximate surface area is 153 Å². The number of methoxy groups -OCH3 is 3. The van der Waals surface area contributed by atoms with Gasteiger partial charge in [-0.2, -0.15) is 0 Å². The van der Waals surface area contributed by atoms with Crippen molar-refractivity contribution in [1.29, 1.82) is 0 Å². The molecule has 4 heteroatoms. The van der Waals surface area contributed by atoms with Crippen molar-refractivity contribution < 1.29 is 19.3 Å². The first-order chi connectivity index (χ1) is 12.7. The highest BCUT2D eigenvalue weighted by molar-refractivity contribution is 5.88. The molecule has 0 spiro atoms. The van der Waals surface area contributed by atoms with E-state index in [4.69, 9.17) is 14.2 Å².